The molecule has 164 valence electrons. The van der Waals surface area contributed by atoms with E-state index < -0.39 is 34.3 Å². The number of thioether (sulfide) groups is 1. The maximum atomic E-state index is 12.3. The molecule has 33 heavy (non-hydrogen) atoms. The van der Waals surface area contributed by atoms with E-state index in [2.05, 4.69) is 0 Å². The fraction of sp³-hybridized carbons (Fsp3) is 0.211. The van der Waals surface area contributed by atoms with Crippen LogP contribution in [0.1, 0.15) is 6.92 Å². The minimum atomic E-state index is -4.41. The number of amides is 1. The number of para-hydroxylation sites is 2. The molecule has 2 heterocycles. The van der Waals surface area contributed by atoms with Crippen LogP contribution in [0.2, 0.25) is 0 Å². The first kappa shape index (κ1) is 30.4. The number of hydrogen-bond acceptors (Lipinski definition) is 10. The van der Waals surface area contributed by atoms with Gasteiger partial charge in [-0.05, 0) is 36.8 Å². The summed E-state index contributed by atoms with van der Waals surface area (Å²) in [6.45, 7) is 1.03. The predicted octanol–water partition coefficient (Wildman–Crippen LogP) is -5.28. The molecule has 2 aliphatic heterocycles. The van der Waals surface area contributed by atoms with Gasteiger partial charge >= 0.3 is 59.1 Å². The number of carbonyl (C=O) groups is 2. The number of thiocarbonyl (C=S) groups is 1. The second kappa shape index (κ2) is 12.9. The summed E-state index contributed by atoms with van der Waals surface area (Å²) in [7, 11) is -4.41. The minimum absolute atomic E-state index is 0. The van der Waals surface area contributed by atoms with Crippen molar-refractivity contribution >= 4 is 56.0 Å². The molecule has 1 amide bonds. The molecule has 0 aromatic heterocycles. The molecule has 1 saturated heterocycles. The first-order valence-corrected chi connectivity index (χ1v) is 11.7. The second-order valence-electron chi connectivity index (χ2n) is 6.54. The Hall–Kier alpha value is -0.670. The monoisotopic (exact) mass is 526 g/mol. The van der Waals surface area contributed by atoms with Gasteiger partial charge in [-0.3, -0.25) is 9.69 Å². The molecule has 1 fully saturated rings. The topological polar surface area (TPSA) is 130 Å². The van der Waals surface area contributed by atoms with Gasteiger partial charge in [-0.2, -0.15) is 0 Å². The summed E-state index contributed by atoms with van der Waals surface area (Å²) in [5, 5.41) is 10.8. The third-order valence-corrected chi connectivity index (χ3v) is 6.27. The second-order valence-corrected chi connectivity index (χ2v) is 9.74. The minimum Gasteiger partial charge on any atom is -0.748 e. The van der Waals surface area contributed by atoms with Crippen LogP contribution in [-0.4, -0.2) is 52.9 Å². The van der Waals surface area contributed by atoms with Crippen LogP contribution < -0.4 is 73.9 Å². The van der Waals surface area contributed by atoms with Crippen LogP contribution in [-0.2, 0) is 19.7 Å². The molecule has 1 aromatic carbocycles. The molecule has 3 rings (SSSR count). The number of fused-ring (bicyclic) bond motifs is 1. The van der Waals surface area contributed by atoms with Gasteiger partial charge in [-0.1, -0.05) is 42.2 Å². The average Bonchev–Trinajstić information content (AvgIpc) is 3.16. The summed E-state index contributed by atoms with van der Waals surface area (Å²) in [5.74, 6) is -1.68. The van der Waals surface area contributed by atoms with E-state index in [1.807, 2.05) is 0 Å². The van der Waals surface area contributed by atoms with Gasteiger partial charge in [0, 0.05) is 6.54 Å². The van der Waals surface area contributed by atoms with Crippen LogP contribution in [0.4, 0.5) is 5.69 Å². The van der Waals surface area contributed by atoms with Gasteiger partial charge in [0.25, 0.3) is 5.91 Å². The van der Waals surface area contributed by atoms with Crippen molar-refractivity contribution < 1.29 is 91.5 Å². The van der Waals surface area contributed by atoms with Crippen molar-refractivity contribution in [1.29, 1.82) is 0 Å². The van der Waals surface area contributed by atoms with Crippen molar-refractivity contribution in [2.45, 2.75) is 6.92 Å². The van der Waals surface area contributed by atoms with Crippen molar-refractivity contribution in [2.75, 3.05) is 23.7 Å². The summed E-state index contributed by atoms with van der Waals surface area (Å²) in [6, 6.07) is 6.99. The quantitative estimate of drug-likeness (QED) is 0.147. The van der Waals surface area contributed by atoms with Crippen LogP contribution >= 0.6 is 24.0 Å². The SMILES string of the molecule is CC(=C\C=C1/Oc2ccccc2N1CCS(=O)(=O)[O-])/C=C1/SC(=S)N(CC(=O)[O-])C1=O.[Na+].[Na+]. The normalized spacial score (nSPS) is 18.2. The number of aliphatic carboxylic acids is 1. The number of carboxylic acids is 1. The largest absolute Gasteiger partial charge is 1.00 e. The fourth-order valence-corrected chi connectivity index (χ4v) is 4.54. The van der Waals surface area contributed by atoms with Crippen LogP contribution in [0.5, 0.6) is 5.75 Å². The van der Waals surface area contributed by atoms with Crippen molar-refractivity contribution in [3.05, 3.63) is 58.9 Å². The fourth-order valence-electron chi connectivity index (χ4n) is 2.83. The molecule has 0 saturated carbocycles. The van der Waals surface area contributed by atoms with Gasteiger partial charge in [0.1, 0.15) is 4.32 Å². The summed E-state index contributed by atoms with van der Waals surface area (Å²) in [5.41, 5.74) is 1.27. The van der Waals surface area contributed by atoms with Crippen LogP contribution in [0.15, 0.2) is 58.9 Å². The Morgan fingerprint density at radius 3 is 2.55 bits per heavy atom. The number of allylic oxidation sites excluding steroid dienone is 4. The Morgan fingerprint density at radius 2 is 1.91 bits per heavy atom. The number of carbonyl (C=O) groups excluding carboxylic acids is 2. The Bertz CT molecular complexity index is 1150. The van der Waals surface area contributed by atoms with E-state index in [-0.39, 0.29) is 74.9 Å². The zero-order valence-electron chi connectivity index (χ0n) is 18.1. The Kier molecular flexibility index (Phi) is 11.8. The van der Waals surface area contributed by atoms with Crippen molar-refractivity contribution in [2.24, 2.45) is 0 Å². The van der Waals surface area contributed by atoms with Gasteiger partial charge in [0.05, 0.1) is 39.0 Å². The molecular formula is C19H16N2Na2O7S3. The van der Waals surface area contributed by atoms with Gasteiger partial charge in [0.15, 0.2) is 5.75 Å². The number of rotatable bonds is 7. The molecule has 0 atom stereocenters. The van der Waals surface area contributed by atoms with E-state index >= 15 is 0 Å². The number of nitrogens with zero attached hydrogens (tertiary/aromatic N) is 2. The van der Waals surface area contributed by atoms with E-state index in [1.165, 1.54) is 0 Å². The molecule has 0 unspecified atom stereocenters. The van der Waals surface area contributed by atoms with E-state index in [0.717, 1.165) is 16.7 Å². The number of benzene rings is 1. The Labute approximate surface area is 245 Å². The molecule has 0 aliphatic carbocycles. The Morgan fingerprint density at radius 1 is 1.24 bits per heavy atom. The van der Waals surface area contributed by atoms with E-state index in [0.29, 0.717) is 22.9 Å². The summed E-state index contributed by atoms with van der Waals surface area (Å²) in [4.78, 5) is 25.9. The number of ether oxygens (including phenoxy) is 1. The first-order chi connectivity index (χ1) is 14.5. The van der Waals surface area contributed by atoms with Gasteiger partial charge in [-0.15, -0.1) is 0 Å². The molecule has 2 aliphatic rings. The zero-order chi connectivity index (χ0) is 22.8. The zero-order valence-corrected chi connectivity index (χ0v) is 24.6. The summed E-state index contributed by atoms with van der Waals surface area (Å²) in [6.07, 6.45) is 4.79. The van der Waals surface area contributed by atoms with E-state index in [9.17, 15) is 27.7 Å². The first-order valence-electron chi connectivity index (χ1n) is 8.87. The van der Waals surface area contributed by atoms with Gasteiger partial charge in [0.2, 0.25) is 5.88 Å². The van der Waals surface area contributed by atoms with Crippen LogP contribution in [0.3, 0.4) is 0 Å². The maximum Gasteiger partial charge on any atom is 1.00 e. The standard InChI is InChI=1S/C19H18N2O7S3.2Na/c1-12(10-15-18(24)21(11-17(22)23)19(29)30-15)6-7-16-20(8-9-31(25,26)27)13-4-2-3-5-14(13)28-16;;/h2-7,10H,8-9,11H2,1H3,(H,22,23)(H,25,26,27);;/q;2*+1/p-2/b12-6+,15-10+,16-7-;;. The number of anilines is 1. The third kappa shape index (κ3) is 8.20. The predicted molar refractivity (Wildman–Crippen MR) is 116 cm³/mol. The molecule has 14 heteroatoms. The van der Waals surface area contributed by atoms with Crippen molar-refractivity contribution in [1.82, 2.24) is 4.90 Å². The molecular weight excluding hydrogens is 510 g/mol. The maximum absolute atomic E-state index is 12.3. The van der Waals surface area contributed by atoms with E-state index in [4.69, 9.17) is 17.0 Å². The van der Waals surface area contributed by atoms with Crippen LogP contribution in [0.25, 0.3) is 0 Å². The molecule has 0 radical (unpaired) electrons. The Balaban J connectivity index is 0.00000272. The molecule has 1 aromatic rings. The van der Waals surface area contributed by atoms with Crippen molar-refractivity contribution in [3.63, 3.8) is 0 Å². The molecule has 0 bridgehead atoms. The third-order valence-electron chi connectivity index (χ3n) is 4.21. The smallest absolute Gasteiger partial charge is 0.748 e. The van der Waals surface area contributed by atoms with Gasteiger partial charge in [-0.25, -0.2) is 8.42 Å². The van der Waals surface area contributed by atoms with Gasteiger partial charge < -0.3 is 24.1 Å². The molecule has 0 spiro atoms. The van der Waals surface area contributed by atoms with Crippen LogP contribution in [0, 0.1) is 0 Å². The molecule has 0 N–H and O–H groups in total. The summed E-state index contributed by atoms with van der Waals surface area (Å²) < 4.78 is 39.1. The number of hydrogen-bond donors (Lipinski definition) is 0. The summed E-state index contributed by atoms with van der Waals surface area (Å²) >= 11 is 6.02. The van der Waals surface area contributed by atoms with E-state index in [1.54, 1.807) is 54.3 Å². The van der Waals surface area contributed by atoms with Crippen molar-refractivity contribution in [3.8, 4) is 5.75 Å². The average molecular weight is 527 g/mol. The number of carboxylic acid groups (broad SMARTS) is 1. The molecule has 9 nitrogen and oxygen atoms in total.